The van der Waals surface area contributed by atoms with E-state index in [1.165, 1.54) is 5.56 Å². The summed E-state index contributed by atoms with van der Waals surface area (Å²) in [6.45, 7) is 5.89. The monoisotopic (exact) mass is 301 g/mol. The zero-order chi connectivity index (χ0) is 15.9. The summed E-state index contributed by atoms with van der Waals surface area (Å²) in [7, 11) is 3.98. The average molecular weight is 301 g/mol. The van der Waals surface area contributed by atoms with E-state index in [4.69, 9.17) is 0 Å². The lowest BCUT2D eigenvalue weighted by Crippen LogP contribution is -2.39. The highest BCUT2D eigenvalue weighted by molar-refractivity contribution is 5.87. The molecule has 2 rings (SSSR count). The molecule has 4 heteroatoms. The van der Waals surface area contributed by atoms with Crippen molar-refractivity contribution in [2.75, 3.05) is 33.7 Å². The van der Waals surface area contributed by atoms with Crippen molar-refractivity contribution in [3.8, 4) is 0 Å². The van der Waals surface area contributed by atoms with E-state index in [9.17, 15) is 4.79 Å². The zero-order valence-corrected chi connectivity index (χ0v) is 13.8. The van der Waals surface area contributed by atoms with Gasteiger partial charge in [0.05, 0.1) is 0 Å². The van der Waals surface area contributed by atoms with Crippen LogP contribution in [-0.4, -0.2) is 55.5 Å². The van der Waals surface area contributed by atoms with Crippen LogP contribution in [-0.2, 0) is 11.3 Å². The molecule has 1 aliphatic heterocycles. The van der Waals surface area contributed by atoms with Crippen molar-refractivity contribution in [3.05, 3.63) is 48.0 Å². The lowest BCUT2D eigenvalue weighted by atomic mass is 10.1. The molecular formula is C18H27N3O. The molecule has 1 N–H and O–H groups in total. The van der Waals surface area contributed by atoms with Crippen molar-refractivity contribution in [2.24, 2.45) is 5.92 Å². The molecule has 0 aliphatic carbocycles. The first-order valence-corrected chi connectivity index (χ1v) is 7.92. The summed E-state index contributed by atoms with van der Waals surface area (Å²) in [6.07, 6.45) is 3.54. The molecule has 1 saturated heterocycles. The number of hydrogen-bond acceptors (Lipinski definition) is 3. The van der Waals surface area contributed by atoms with E-state index in [1.807, 2.05) is 31.1 Å². The van der Waals surface area contributed by atoms with Crippen LogP contribution in [0.3, 0.4) is 0 Å². The lowest BCUT2D eigenvalue weighted by Gasteiger charge is -2.16. The summed E-state index contributed by atoms with van der Waals surface area (Å²) in [5, 5.41) is 3.13. The van der Waals surface area contributed by atoms with E-state index < -0.39 is 0 Å². The number of nitrogens with one attached hydrogen (secondary N) is 1. The van der Waals surface area contributed by atoms with Crippen LogP contribution in [0.2, 0.25) is 0 Å². The van der Waals surface area contributed by atoms with Crippen LogP contribution in [0.25, 0.3) is 0 Å². The summed E-state index contributed by atoms with van der Waals surface area (Å²) in [4.78, 5) is 16.4. The molecule has 120 valence electrons. The maximum Gasteiger partial charge on any atom is 0.243 e. The molecule has 1 aromatic rings. The Morgan fingerprint density at radius 1 is 1.32 bits per heavy atom. The molecule has 0 radical (unpaired) electrons. The number of rotatable bonds is 6. The summed E-state index contributed by atoms with van der Waals surface area (Å²) < 4.78 is 0. The van der Waals surface area contributed by atoms with Gasteiger partial charge < -0.3 is 10.2 Å². The van der Waals surface area contributed by atoms with E-state index in [0.29, 0.717) is 5.92 Å². The minimum atomic E-state index is 0.0141. The second-order valence-electron chi connectivity index (χ2n) is 6.44. The summed E-state index contributed by atoms with van der Waals surface area (Å²) in [6, 6.07) is 10.7. The Labute approximate surface area is 133 Å². The van der Waals surface area contributed by atoms with Crippen molar-refractivity contribution in [1.29, 1.82) is 0 Å². The third-order valence-corrected chi connectivity index (χ3v) is 4.00. The van der Waals surface area contributed by atoms with Gasteiger partial charge in [-0.1, -0.05) is 43.3 Å². The molecule has 4 nitrogen and oxygen atoms in total. The number of benzene rings is 1. The van der Waals surface area contributed by atoms with Gasteiger partial charge in [0.15, 0.2) is 0 Å². The number of likely N-dealkylation sites (N-methyl/N-ethyl adjacent to an activating group) is 1. The quantitative estimate of drug-likeness (QED) is 0.813. The zero-order valence-electron chi connectivity index (χ0n) is 13.8. The van der Waals surface area contributed by atoms with Crippen molar-refractivity contribution < 1.29 is 4.79 Å². The van der Waals surface area contributed by atoms with Gasteiger partial charge in [-0.25, -0.2) is 0 Å². The topological polar surface area (TPSA) is 35.6 Å². The van der Waals surface area contributed by atoms with Crippen LogP contribution in [0, 0.1) is 5.92 Å². The molecule has 0 bridgehead atoms. The van der Waals surface area contributed by atoms with E-state index in [0.717, 1.165) is 26.2 Å². The molecule has 22 heavy (non-hydrogen) atoms. The van der Waals surface area contributed by atoms with Gasteiger partial charge in [0.1, 0.15) is 0 Å². The van der Waals surface area contributed by atoms with Gasteiger partial charge in [-0.2, -0.15) is 0 Å². The summed E-state index contributed by atoms with van der Waals surface area (Å²) >= 11 is 0. The fraction of sp³-hybridized carbons (Fsp3) is 0.500. The third kappa shape index (κ3) is 5.28. The number of amides is 1. The molecule has 1 heterocycles. The standard InChI is InChI=1S/C18H27N3O/c1-15-12-21(13-16-8-5-4-6-9-16)14-17(15)19-18(22)10-7-11-20(2)3/h4-10,15,17H,11-14H2,1-3H3,(H,19,22)/b10-7+. The van der Waals surface area contributed by atoms with Crippen LogP contribution in [0.5, 0.6) is 0 Å². The first-order valence-electron chi connectivity index (χ1n) is 7.92. The Morgan fingerprint density at radius 2 is 2.05 bits per heavy atom. The molecule has 1 fully saturated rings. The van der Waals surface area contributed by atoms with Gasteiger partial charge in [0.25, 0.3) is 0 Å². The normalized spacial score (nSPS) is 22.5. The Morgan fingerprint density at radius 3 is 2.73 bits per heavy atom. The number of nitrogens with zero attached hydrogens (tertiary/aromatic N) is 2. The minimum Gasteiger partial charge on any atom is -0.348 e. The number of carbonyl (C=O) groups excluding carboxylic acids is 1. The van der Waals surface area contributed by atoms with E-state index in [2.05, 4.69) is 41.4 Å². The first kappa shape index (κ1) is 16.7. The predicted octanol–water partition coefficient (Wildman–Crippen LogP) is 1.74. The number of carbonyl (C=O) groups is 1. The highest BCUT2D eigenvalue weighted by Crippen LogP contribution is 2.18. The van der Waals surface area contributed by atoms with Crippen LogP contribution >= 0.6 is 0 Å². The fourth-order valence-electron chi connectivity index (χ4n) is 2.83. The van der Waals surface area contributed by atoms with Gasteiger partial charge in [-0.3, -0.25) is 9.69 Å². The second kappa shape index (κ2) is 8.11. The Balaban J connectivity index is 1.81. The predicted molar refractivity (Wildman–Crippen MR) is 90.5 cm³/mol. The van der Waals surface area contributed by atoms with Crippen molar-refractivity contribution >= 4 is 5.91 Å². The fourth-order valence-corrected chi connectivity index (χ4v) is 2.83. The SMILES string of the molecule is CC1CN(Cc2ccccc2)CC1NC(=O)/C=C/CN(C)C. The smallest absolute Gasteiger partial charge is 0.243 e. The number of hydrogen-bond donors (Lipinski definition) is 1. The Bertz CT molecular complexity index is 498. The highest BCUT2D eigenvalue weighted by Gasteiger charge is 2.30. The van der Waals surface area contributed by atoms with Crippen molar-refractivity contribution in [2.45, 2.75) is 19.5 Å². The molecule has 0 spiro atoms. The van der Waals surface area contributed by atoms with Crippen LogP contribution in [0.15, 0.2) is 42.5 Å². The first-order chi connectivity index (χ1) is 10.5. The minimum absolute atomic E-state index is 0.0141. The third-order valence-electron chi connectivity index (χ3n) is 4.00. The largest absolute Gasteiger partial charge is 0.348 e. The van der Waals surface area contributed by atoms with Gasteiger partial charge in [-0.15, -0.1) is 0 Å². The molecule has 1 amide bonds. The van der Waals surface area contributed by atoms with Gasteiger partial charge in [-0.05, 0) is 25.6 Å². The Hall–Kier alpha value is -1.65. The highest BCUT2D eigenvalue weighted by atomic mass is 16.1. The molecule has 1 aliphatic rings. The molecule has 0 aromatic heterocycles. The Kier molecular flexibility index (Phi) is 6.16. The van der Waals surface area contributed by atoms with Gasteiger partial charge in [0, 0.05) is 38.3 Å². The van der Waals surface area contributed by atoms with Crippen molar-refractivity contribution in [1.82, 2.24) is 15.1 Å². The molecule has 2 atom stereocenters. The molecular weight excluding hydrogens is 274 g/mol. The van der Waals surface area contributed by atoms with Gasteiger partial charge >= 0.3 is 0 Å². The number of likely N-dealkylation sites (tertiary alicyclic amines) is 1. The van der Waals surface area contributed by atoms with Crippen molar-refractivity contribution in [3.63, 3.8) is 0 Å². The maximum atomic E-state index is 12.0. The van der Waals surface area contributed by atoms with Crippen LogP contribution in [0.1, 0.15) is 12.5 Å². The van der Waals surface area contributed by atoms with Crippen LogP contribution < -0.4 is 5.32 Å². The summed E-state index contributed by atoms with van der Waals surface area (Å²) in [5.41, 5.74) is 1.33. The van der Waals surface area contributed by atoms with Gasteiger partial charge in [0.2, 0.25) is 5.91 Å². The molecule has 1 aromatic carbocycles. The molecule has 0 saturated carbocycles. The second-order valence-corrected chi connectivity index (χ2v) is 6.44. The maximum absolute atomic E-state index is 12.0. The lowest BCUT2D eigenvalue weighted by molar-refractivity contribution is -0.117. The molecule has 2 unspecified atom stereocenters. The van der Waals surface area contributed by atoms with E-state index in [-0.39, 0.29) is 11.9 Å². The van der Waals surface area contributed by atoms with E-state index >= 15 is 0 Å². The average Bonchev–Trinajstić information content (AvgIpc) is 2.79. The summed E-state index contributed by atoms with van der Waals surface area (Å²) in [5.74, 6) is 0.496. The van der Waals surface area contributed by atoms with E-state index in [1.54, 1.807) is 6.08 Å². The van der Waals surface area contributed by atoms with Crippen LogP contribution in [0.4, 0.5) is 0 Å².